The van der Waals surface area contributed by atoms with Crippen LogP contribution in [0, 0.1) is 17.2 Å². The van der Waals surface area contributed by atoms with Crippen LogP contribution < -0.4 is 10.1 Å². The molecule has 0 aliphatic heterocycles. The Balaban J connectivity index is 2.80. The number of nitriles is 1. The molecule has 0 saturated heterocycles. The normalized spacial score (nSPS) is 14.2. The second-order valence-electron chi connectivity index (χ2n) is 5.89. The van der Waals surface area contributed by atoms with Crippen molar-refractivity contribution in [1.29, 1.82) is 5.26 Å². The number of benzene rings is 1. The van der Waals surface area contributed by atoms with E-state index in [2.05, 4.69) is 5.32 Å². The van der Waals surface area contributed by atoms with Crippen LogP contribution in [0.15, 0.2) is 18.2 Å². The Morgan fingerprint density at radius 3 is 2.42 bits per heavy atom. The standard InChI is InChI=1S/C17H22N2O5/c1-10(2)17(4,9-18)19-15(21)11(3)24-16(22)13-7-6-12(23-5)8-14(13)20/h6-8,10-11,20H,1-5H3,(H,19,21)/t11-,17+/m0/s1. The molecule has 1 rings (SSSR count). The van der Waals surface area contributed by atoms with Crippen molar-refractivity contribution in [3.63, 3.8) is 0 Å². The van der Waals surface area contributed by atoms with Gasteiger partial charge in [-0.1, -0.05) is 13.8 Å². The minimum atomic E-state index is -1.12. The molecule has 0 aromatic heterocycles. The van der Waals surface area contributed by atoms with Crippen molar-refractivity contribution in [2.75, 3.05) is 7.11 Å². The van der Waals surface area contributed by atoms with Crippen molar-refractivity contribution < 1.29 is 24.2 Å². The first kappa shape index (κ1) is 19.3. The number of amides is 1. The van der Waals surface area contributed by atoms with Crippen molar-refractivity contribution in [3.8, 4) is 17.6 Å². The summed E-state index contributed by atoms with van der Waals surface area (Å²) in [6.45, 7) is 6.59. The third-order valence-electron chi connectivity index (χ3n) is 3.85. The molecule has 0 aliphatic rings. The van der Waals surface area contributed by atoms with Crippen molar-refractivity contribution in [1.82, 2.24) is 5.32 Å². The van der Waals surface area contributed by atoms with Gasteiger partial charge in [-0.15, -0.1) is 0 Å². The summed E-state index contributed by atoms with van der Waals surface area (Å²) >= 11 is 0. The lowest BCUT2D eigenvalue weighted by atomic mass is 9.90. The smallest absolute Gasteiger partial charge is 0.342 e. The zero-order chi connectivity index (χ0) is 18.5. The fraction of sp³-hybridized carbons (Fsp3) is 0.471. The summed E-state index contributed by atoms with van der Waals surface area (Å²) in [7, 11) is 1.43. The highest BCUT2D eigenvalue weighted by Gasteiger charge is 2.32. The predicted molar refractivity (Wildman–Crippen MR) is 86.5 cm³/mol. The van der Waals surface area contributed by atoms with Crippen LogP contribution in [-0.2, 0) is 9.53 Å². The summed E-state index contributed by atoms with van der Waals surface area (Å²) < 4.78 is 9.99. The molecule has 0 fully saturated rings. The van der Waals surface area contributed by atoms with Gasteiger partial charge in [-0.25, -0.2) is 4.79 Å². The van der Waals surface area contributed by atoms with Crippen molar-refractivity contribution in [3.05, 3.63) is 23.8 Å². The number of nitrogens with zero attached hydrogens (tertiary/aromatic N) is 1. The number of carbonyl (C=O) groups is 2. The molecule has 130 valence electrons. The number of aromatic hydroxyl groups is 1. The van der Waals surface area contributed by atoms with Crippen molar-refractivity contribution >= 4 is 11.9 Å². The molecule has 0 spiro atoms. The van der Waals surface area contributed by atoms with E-state index in [1.165, 1.54) is 32.2 Å². The van der Waals surface area contributed by atoms with E-state index in [-0.39, 0.29) is 17.2 Å². The van der Waals surface area contributed by atoms with E-state index in [0.29, 0.717) is 5.75 Å². The minimum absolute atomic E-state index is 0.0812. The Kier molecular flexibility index (Phi) is 6.18. The lowest BCUT2D eigenvalue weighted by Crippen LogP contribution is -2.52. The molecule has 1 aromatic carbocycles. The van der Waals surface area contributed by atoms with E-state index in [1.54, 1.807) is 20.8 Å². The Bertz CT molecular complexity index is 665. The summed E-state index contributed by atoms with van der Waals surface area (Å²) in [5, 5.41) is 21.6. The van der Waals surface area contributed by atoms with E-state index in [0.717, 1.165) is 0 Å². The molecule has 24 heavy (non-hydrogen) atoms. The monoisotopic (exact) mass is 334 g/mol. The lowest BCUT2D eigenvalue weighted by molar-refractivity contribution is -0.130. The molecule has 7 heteroatoms. The first-order chi connectivity index (χ1) is 11.1. The zero-order valence-electron chi connectivity index (χ0n) is 14.4. The second kappa shape index (κ2) is 7.68. The molecular weight excluding hydrogens is 312 g/mol. The van der Waals surface area contributed by atoms with Gasteiger partial charge in [0.05, 0.1) is 13.2 Å². The molecule has 0 saturated carbocycles. The maximum absolute atomic E-state index is 12.2. The number of nitrogens with one attached hydrogen (secondary N) is 1. The van der Waals surface area contributed by atoms with Crippen LogP contribution in [0.2, 0.25) is 0 Å². The van der Waals surface area contributed by atoms with Gasteiger partial charge in [-0.2, -0.15) is 5.26 Å². The third kappa shape index (κ3) is 4.38. The highest BCUT2D eigenvalue weighted by Crippen LogP contribution is 2.24. The Morgan fingerprint density at radius 2 is 1.96 bits per heavy atom. The summed E-state index contributed by atoms with van der Waals surface area (Å²) in [4.78, 5) is 24.2. The number of esters is 1. The Hall–Kier alpha value is -2.75. The van der Waals surface area contributed by atoms with Gasteiger partial charge >= 0.3 is 5.97 Å². The minimum Gasteiger partial charge on any atom is -0.507 e. The van der Waals surface area contributed by atoms with Gasteiger partial charge in [-0.05, 0) is 31.9 Å². The molecular formula is C17H22N2O5. The van der Waals surface area contributed by atoms with Gasteiger partial charge in [0.1, 0.15) is 22.6 Å². The van der Waals surface area contributed by atoms with Gasteiger partial charge < -0.3 is 19.9 Å². The third-order valence-corrected chi connectivity index (χ3v) is 3.85. The van der Waals surface area contributed by atoms with Crippen LogP contribution in [0.1, 0.15) is 38.1 Å². The molecule has 7 nitrogen and oxygen atoms in total. The average molecular weight is 334 g/mol. The van der Waals surface area contributed by atoms with Crippen LogP contribution in [0.4, 0.5) is 0 Å². The Labute approximate surface area is 141 Å². The van der Waals surface area contributed by atoms with Crippen molar-refractivity contribution in [2.24, 2.45) is 5.92 Å². The highest BCUT2D eigenvalue weighted by atomic mass is 16.5. The first-order valence-electron chi connectivity index (χ1n) is 7.46. The van der Waals surface area contributed by atoms with Crippen LogP contribution in [0.5, 0.6) is 11.5 Å². The predicted octanol–water partition coefficient (Wildman–Crippen LogP) is 2.00. The summed E-state index contributed by atoms with van der Waals surface area (Å²) in [5.74, 6) is -1.48. The van der Waals surface area contributed by atoms with Crippen LogP contribution in [-0.4, -0.2) is 35.7 Å². The number of ether oxygens (including phenoxy) is 2. The second-order valence-corrected chi connectivity index (χ2v) is 5.89. The van der Waals surface area contributed by atoms with Crippen molar-refractivity contribution in [2.45, 2.75) is 39.3 Å². The van der Waals surface area contributed by atoms with Gasteiger partial charge in [0.2, 0.25) is 0 Å². The van der Waals surface area contributed by atoms with E-state index < -0.39 is 23.5 Å². The molecule has 0 aliphatic carbocycles. The largest absolute Gasteiger partial charge is 0.507 e. The maximum Gasteiger partial charge on any atom is 0.342 e. The van der Waals surface area contributed by atoms with E-state index >= 15 is 0 Å². The number of methoxy groups -OCH3 is 1. The number of carbonyl (C=O) groups excluding carboxylic acids is 2. The maximum atomic E-state index is 12.2. The SMILES string of the molecule is COc1ccc(C(=O)O[C@@H](C)C(=O)N[C@](C)(C#N)C(C)C)c(O)c1. The first-order valence-corrected chi connectivity index (χ1v) is 7.46. The van der Waals surface area contributed by atoms with Gasteiger partial charge in [-0.3, -0.25) is 4.79 Å². The molecule has 2 atom stereocenters. The molecule has 1 aromatic rings. The Morgan fingerprint density at radius 1 is 1.33 bits per heavy atom. The van der Waals surface area contributed by atoms with E-state index in [9.17, 15) is 20.0 Å². The van der Waals surface area contributed by atoms with Crippen LogP contribution in [0.3, 0.4) is 0 Å². The number of hydrogen-bond acceptors (Lipinski definition) is 6. The van der Waals surface area contributed by atoms with E-state index in [4.69, 9.17) is 9.47 Å². The molecule has 0 unspecified atom stereocenters. The summed E-state index contributed by atoms with van der Waals surface area (Å²) in [6.07, 6.45) is -1.12. The zero-order valence-corrected chi connectivity index (χ0v) is 14.4. The number of rotatable bonds is 6. The fourth-order valence-electron chi connectivity index (χ4n) is 1.75. The van der Waals surface area contributed by atoms with E-state index in [1.807, 2.05) is 6.07 Å². The molecule has 0 radical (unpaired) electrons. The number of phenols is 1. The molecule has 1 amide bonds. The topological polar surface area (TPSA) is 109 Å². The van der Waals surface area contributed by atoms with Gasteiger partial charge in [0.25, 0.3) is 5.91 Å². The average Bonchev–Trinajstić information content (AvgIpc) is 2.53. The van der Waals surface area contributed by atoms with Crippen LogP contribution >= 0.6 is 0 Å². The molecule has 2 N–H and O–H groups in total. The summed E-state index contributed by atoms with van der Waals surface area (Å²) in [5.41, 5.74) is -1.15. The van der Waals surface area contributed by atoms with Gasteiger partial charge in [0, 0.05) is 6.07 Å². The summed E-state index contributed by atoms with van der Waals surface area (Å²) in [6, 6.07) is 6.15. The van der Waals surface area contributed by atoms with Gasteiger partial charge in [0.15, 0.2) is 6.10 Å². The number of phenolic OH excluding ortho intramolecular Hbond substituents is 1. The molecule has 0 heterocycles. The number of hydrogen-bond donors (Lipinski definition) is 2. The quantitative estimate of drug-likeness (QED) is 0.770. The lowest BCUT2D eigenvalue weighted by Gasteiger charge is -2.28. The molecule has 0 bridgehead atoms. The fourth-order valence-corrected chi connectivity index (χ4v) is 1.75. The highest BCUT2D eigenvalue weighted by molar-refractivity contribution is 5.94. The van der Waals surface area contributed by atoms with Crippen LogP contribution in [0.25, 0.3) is 0 Å².